The van der Waals surface area contributed by atoms with Gasteiger partial charge in [-0.2, -0.15) is 15.4 Å². The highest BCUT2D eigenvalue weighted by atomic mass is 35.5. The van der Waals surface area contributed by atoms with E-state index in [-0.39, 0.29) is 30.2 Å². The Balaban J connectivity index is 0.00000169. The second-order valence-electron chi connectivity index (χ2n) is 6.43. The molecule has 0 aliphatic carbocycles. The summed E-state index contributed by atoms with van der Waals surface area (Å²) in [4.78, 5) is 16.6. The minimum atomic E-state index is -0.215. The number of hydrogen-bond acceptors (Lipinski definition) is 4. The minimum absolute atomic E-state index is 0. The molecule has 3 atom stereocenters. The van der Waals surface area contributed by atoms with Crippen molar-refractivity contribution in [1.29, 1.82) is 0 Å². The Kier molecular flexibility index (Phi) is 4.56. The zero-order chi connectivity index (χ0) is 16.0. The van der Waals surface area contributed by atoms with Gasteiger partial charge in [-0.3, -0.25) is 9.69 Å². The third kappa shape index (κ3) is 2.78. The number of carbonyl (C=O) groups is 1. The quantitative estimate of drug-likeness (QED) is 0.895. The van der Waals surface area contributed by atoms with E-state index in [1.54, 1.807) is 12.1 Å². The number of carbonyl (C=O) groups excluding carboxylic acids is 1. The maximum atomic E-state index is 13.6. The largest absolute Gasteiger partial charge is 0.336 e. The number of nitrogens with zero attached hydrogens (tertiary/aromatic N) is 4. The smallest absolute Gasteiger partial charge is 0.276 e. The number of amides is 1. The Labute approximate surface area is 145 Å². The van der Waals surface area contributed by atoms with Gasteiger partial charge in [0.25, 0.3) is 5.91 Å². The maximum Gasteiger partial charge on any atom is 0.276 e. The van der Waals surface area contributed by atoms with Crippen LogP contribution in [0.2, 0.25) is 0 Å². The van der Waals surface area contributed by atoms with Gasteiger partial charge in [0.2, 0.25) is 0 Å². The van der Waals surface area contributed by atoms with Crippen molar-refractivity contribution in [2.45, 2.75) is 6.04 Å². The first-order chi connectivity index (χ1) is 11.1. The third-order valence-corrected chi connectivity index (χ3v) is 5.01. The summed E-state index contributed by atoms with van der Waals surface area (Å²) >= 11 is 0. The van der Waals surface area contributed by atoms with Gasteiger partial charge < -0.3 is 4.90 Å². The molecule has 6 nitrogen and oxygen atoms in total. The van der Waals surface area contributed by atoms with Crippen LogP contribution in [0, 0.1) is 17.7 Å². The van der Waals surface area contributed by atoms with Crippen LogP contribution in [0.4, 0.5) is 4.39 Å². The average molecular weight is 352 g/mol. The molecule has 0 spiro atoms. The van der Waals surface area contributed by atoms with Gasteiger partial charge in [-0.25, -0.2) is 4.39 Å². The number of aromatic nitrogens is 3. The van der Waals surface area contributed by atoms with Crippen molar-refractivity contribution in [3.05, 3.63) is 47.5 Å². The first-order valence-electron chi connectivity index (χ1n) is 7.74. The second-order valence-corrected chi connectivity index (χ2v) is 6.43. The molecule has 0 radical (unpaired) electrons. The summed E-state index contributed by atoms with van der Waals surface area (Å²) in [5.74, 6) is 0.420. The SMILES string of the molecule is CN1C[C@H]2CN(C(=O)c3cn[nH]n3)C[C@H]2[C@@H]1c1cccc(F)c1.Cl. The molecule has 128 valence electrons. The molecule has 3 heterocycles. The topological polar surface area (TPSA) is 65.1 Å². The average Bonchev–Trinajstić information content (AvgIpc) is 3.21. The van der Waals surface area contributed by atoms with E-state index in [1.165, 1.54) is 12.3 Å². The van der Waals surface area contributed by atoms with Crippen LogP contribution in [-0.2, 0) is 0 Å². The first-order valence-corrected chi connectivity index (χ1v) is 7.74. The van der Waals surface area contributed by atoms with Crippen molar-refractivity contribution in [3.63, 3.8) is 0 Å². The van der Waals surface area contributed by atoms with Gasteiger partial charge >= 0.3 is 0 Å². The van der Waals surface area contributed by atoms with Crippen LogP contribution in [0.25, 0.3) is 0 Å². The molecule has 1 amide bonds. The van der Waals surface area contributed by atoms with Crippen LogP contribution in [0.15, 0.2) is 30.5 Å². The molecule has 24 heavy (non-hydrogen) atoms. The fourth-order valence-electron chi connectivity index (χ4n) is 4.08. The molecule has 1 aromatic carbocycles. The molecular formula is C16H19ClFN5O. The predicted octanol–water partition coefficient (Wildman–Crippen LogP) is 1.74. The number of likely N-dealkylation sites (tertiary alicyclic amines) is 2. The van der Waals surface area contributed by atoms with E-state index in [9.17, 15) is 9.18 Å². The van der Waals surface area contributed by atoms with Crippen LogP contribution in [0.3, 0.4) is 0 Å². The highest BCUT2D eigenvalue weighted by Crippen LogP contribution is 2.44. The monoisotopic (exact) mass is 351 g/mol. The van der Waals surface area contributed by atoms with E-state index in [4.69, 9.17) is 0 Å². The fraction of sp³-hybridized carbons (Fsp3) is 0.438. The summed E-state index contributed by atoms with van der Waals surface area (Å²) in [6.45, 7) is 2.29. The standard InChI is InChI=1S/C16H18FN5O.ClH/c1-21-7-11-8-22(16(23)14-6-18-20-19-14)9-13(11)15(21)10-3-2-4-12(17)5-10;/h2-6,11,13,15H,7-9H2,1H3,(H,18,19,20);1H/t11-,13+,15-;/m0./s1. The number of nitrogens with one attached hydrogen (secondary N) is 1. The molecule has 2 fully saturated rings. The number of rotatable bonds is 2. The highest BCUT2D eigenvalue weighted by Gasteiger charge is 2.47. The number of halogens is 2. The molecule has 0 bridgehead atoms. The fourth-order valence-corrected chi connectivity index (χ4v) is 4.08. The Morgan fingerprint density at radius 2 is 2.17 bits per heavy atom. The van der Waals surface area contributed by atoms with E-state index in [1.807, 2.05) is 11.0 Å². The maximum absolute atomic E-state index is 13.6. The zero-order valence-electron chi connectivity index (χ0n) is 13.2. The molecular weight excluding hydrogens is 333 g/mol. The predicted molar refractivity (Wildman–Crippen MR) is 88.3 cm³/mol. The van der Waals surface area contributed by atoms with Crippen molar-refractivity contribution in [1.82, 2.24) is 25.2 Å². The molecule has 2 aliphatic heterocycles. The molecule has 8 heteroatoms. The van der Waals surface area contributed by atoms with Gasteiger partial charge in [0.15, 0.2) is 5.69 Å². The van der Waals surface area contributed by atoms with Crippen molar-refractivity contribution >= 4 is 18.3 Å². The van der Waals surface area contributed by atoms with Crippen molar-refractivity contribution in [2.24, 2.45) is 11.8 Å². The van der Waals surface area contributed by atoms with Crippen LogP contribution in [0.1, 0.15) is 22.1 Å². The molecule has 2 aliphatic rings. The number of hydrogen-bond donors (Lipinski definition) is 1. The summed E-state index contributed by atoms with van der Waals surface area (Å²) < 4.78 is 13.6. The van der Waals surface area contributed by atoms with Gasteiger partial charge in [0, 0.05) is 31.6 Å². The Hall–Kier alpha value is -1.99. The summed E-state index contributed by atoms with van der Waals surface area (Å²) in [5, 5.41) is 10.0. The normalized spacial score (nSPS) is 26.2. The first kappa shape index (κ1) is 16.9. The highest BCUT2D eigenvalue weighted by molar-refractivity contribution is 5.92. The van der Waals surface area contributed by atoms with E-state index in [0.29, 0.717) is 30.6 Å². The van der Waals surface area contributed by atoms with Crippen molar-refractivity contribution < 1.29 is 9.18 Å². The lowest BCUT2D eigenvalue weighted by molar-refractivity contribution is 0.0762. The van der Waals surface area contributed by atoms with Crippen LogP contribution < -0.4 is 0 Å². The van der Waals surface area contributed by atoms with Crippen molar-refractivity contribution in [2.75, 3.05) is 26.7 Å². The lowest BCUT2D eigenvalue weighted by Gasteiger charge is -2.26. The third-order valence-electron chi connectivity index (χ3n) is 5.01. The Bertz CT molecular complexity index is 725. The minimum Gasteiger partial charge on any atom is -0.336 e. The lowest BCUT2D eigenvalue weighted by atomic mass is 9.89. The van der Waals surface area contributed by atoms with Crippen LogP contribution in [0.5, 0.6) is 0 Å². The molecule has 1 aromatic heterocycles. The summed E-state index contributed by atoms with van der Waals surface area (Å²) in [6.07, 6.45) is 1.45. The van der Waals surface area contributed by atoms with E-state index < -0.39 is 0 Å². The summed E-state index contributed by atoms with van der Waals surface area (Å²) in [6, 6.07) is 6.93. The lowest BCUT2D eigenvalue weighted by Crippen LogP contribution is -2.33. The van der Waals surface area contributed by atoms with Gasteiger partial charge in [0.1, 0.15) is 5.82 Å². The Morgan fingerprint density at radius 1 is 1.33 bits per heavy atom. The second kappa shape index (κ2) is 6.49. The van der Waals surface area contributed by atoms with Crippen LogP contribution in [-0.4, -0.2) is 57.8 Å². The van der Waals surface area contributed by atoms with E-state index in [0.717, 1.165) is 12.1 Å². The zero-order valence-corrected chi connectivity index (χ0v) is 14.0. The number of H-pyrrole nitrogens is 1. The number of fused-ring (bicyclic) bond motifs is 1. The molecule has 2 aromatic rings. The summed E-state index contributed by atoms with van der Waals surface area (Å²) in [7, 11) is 2.07. The van der Waals surface area contributed by atoms with E-state index in [2.05, 4.69) is 27.4 Å². The number of aromatic amines is 1. The molecule has 1 N–H and O–H groups in total. The van der Waals surface area contributed by atoms with Crippen molar-refractivity contribution in [3.8, 4) is 0 Å². The molecule has 4 rings (SSSR count). The molecule has 2 saturated heterocycles. The van der Waals surface area contributed by atoms with Gasteiger partial charge in [-0.15, -0.1) is 12.4 Å². The summed E-state index contributed by atoms with van der Waals surface area (Å²) in [5.41, 5.74) is 1.33. The molecule has 0 saturated carbocycles. The van der Waals surface area contributed by atoms with Gasteiger partial charge in [0.05, 0.1) is 6.20 Å². The number of benzene rings is 1. The Morgan fingerprint density at radius 3 is 2.88 bits per heavy atom. The van der Waals surface area contributed by atoms with Crippen LogP contribution >= 0.6 is 12.4 Å². The van der Waals surface area contributed by atoms with Gasteiger partial charge in [-0.1, -0.05) is 12.1 Å². The van der Waals surface area contributed by atoms with Gasteiger partial charge in [-0.05, 0) is 30.7 Å². The molecule has 0 unspecified atom stereocenters. The van der Waals surface area contributed by atoms with E-state index >= 15 is 0 Å².